The summed E-state index contributed by atoms with van der Waals surface area (Å²) in [6.45, 7) is 1.24. The van der Waals surface area contributed by atoms with Gasteiger partial charge in [-0.15, -0.1) is 0 Å². The number of aliphatic carboxylic acids is 2. The van der Waals surface area contributed by atoms with Crippen molar-refractivity contribution in [1.82, 2.24) is 5.32 Å². The lowest BCUT2D eigenvalue weighted by Crippen LogP contribution is -2.65. The Hall–Kier alpha value is -4.19. The minimum Gasteiger partial charge on any atom is -0.487 e. The predicted octanol–water partition coefficient (Wildman–Crippen LogP) is 6.59. The zero-order valence-electron chi connectivity index (χ0n) is 24.9. The average molecular weight is 644 g/mol. The molecule has 4 fully saturated rings. The largest absolute Gasteiger partial charge is 0.487 e. The molecule has 4 aliphatic rings. The van der Waals surface area contributed by atoms with Crippen molar-refractivity contribution in [2.45, 2.75) is 76.0 Å². The molecule has 7 rings (SSSR count). The van der Waals surface area contributed by atoms with Gasteiger partial charge in [0.25, 0.3) is 5.91 Å². The molecule has 0 aliphatic heterocycles. The van der Waals surface area contributed by atoms with Gasteiger partial charge in [0.15, 0.2) is 6.10 Å². The first kappa shape index (κ1) is 31.8. The van der Waals surface area contributed by atoms with Gasteiger partial charge in [0.1, 0.15) is 24.2 Å². The van der Waals surface area contributed by atoms with Crippen LogP contribution in [0.2, 0.25) is 0 Å². The molecule has 8 nitrogen and oxygen atoms in total. The summed E-state index contributed by atoms with van der Waals surface area (Å²) < 4.78 is 65.3. The number of rotatable bonds is 10. The van der Waals surface area contributed by atoms with Crippen molar-refractivity contribution in [3.05, 3.63) is 77.1 Å². The Morgan fingerprint density at radius 1 is 0.957 bits per heavy atom. The van der Waals surface area contributed by atoms with Crippen molar-refractivity contribution in [2.24, 2.45) is 17.3 Å². The number of benzene rings is 3. The highest BCUT2D eigenvalue weighted by Gasteiger charge is 2.63. The molecule has 2 unspecified atom stereocenters. The third kappa shape index (κ3) is 6.02. The molecule has 3 aromatic rings. The zero-order valence-corrected chi connectivity index (χ0v) is 24.9. The molecule has 1 amide bonds. The average Bonchev–Trinajstić information content (AvgIpc) is 2.96. The first-order valence-electron chi connectivity index (χ1n) is 15.1. The smallest absolute Gasteiger partial charge is 0.416 e. The van der Waals surface area contributed by atoms with E-state index in [1.165, 1.54) is 49.4 Å². The van der Waals surface area contributed by atoms with Gasteiger partial charge in [-0.3, -0.25) is 4.79 Å². The van der Waals surface area contributed by atoms with E-state index in [0.717, 1.165) is 18.6 Å². The lowest BCUT2D eigenvalue weighted by molar-refractivity contribution is -0.222. The number of ether oxygens (including phenoxy) is 2. The van der Waals surface area contributed by atoms with E-state index >= 15 is 0 Å². The lowest BCUT2D eigenvalue weighted by atomic mass is 9.46. The van der Waals surface area contributed by atoms with Crippen LogP contribution in [0.25, 0.3) is 10.8 Å². The first-order chi connectivity index (χ1) is 21.7. The molecule has 4 aliphatic carbocycles. The quantitative estimate of drug-likeness (QED) is 0.213. The molecule has 0 saturated heterocycles. The molecular formula is C34H33F4NO7. The Morgan fingerprint density at radius 2 is 1.63 bits per heavy atom. The summed E-state index contributed by atoms with van der Waals surface area (Å²) in [6.07, 6.45) is -2.06. The molecular weight excluding hydrogens is 610 g/mol. The van der Waals surface area contributed by atoms with E-state index in [1.54, 1.807) is 0 Å². The van der Waals surface area contributed by atoms with Gasteiger partial charge < -0.3 is 25.0 Å². The number of halogens is 4. The Labute approximate surface area is 261 Å². The number of hydrogen-bond acceptors (Lipinski definition) is 5. The van der Waals surface area contributed by atoms with Gasteiger partial charge in [0.05, 0.1) is 16.7 Å². The second-order valence-corrected chi connectivity index (χ2v) is 13.1. The summed E-state index contributed by atoms with van der Waals surface area (Å²) in [7, 11) is 0. The lowest BCUT2D eigenvalue weighted by Gasteiger charge is -2.63. The van der Waals surface area contributed by atoms with Crippen LogP contribution >= 0.6 is 0 Å². The Kier molecular flexibility index (Phi) is 7.98. The molecule has 4 saturated carbocycles. The van der Waals surface area contributed by atoms with Crippen molar-refractivity contribution in [3.63, 3.8) is 0 Å². The van der Waals surface area contributed by atoms with Crippen LogP contribution in [-0.4, -0.2) is 45.8 Å². The van der Waals surface area contributed by atoms with E-state index in [2.05, 4.69) is 5.32 Å². The molecule has 0 heterocycles. The van der Waals surface area contributed by atoms with Gasteiger partial charge in [-0.1, -0.05) is 18.2 Å². The molecule has 0 aromatic heterocycles. The Balaban J connectivity index is 1.30. The minimum atomic E-state index is -4.51. The zero-order chi connectivity index (χ0) is 33.0. The highest BCUT2D eigenvalue weighted by atomic mass is 19.4. The second-order valence-electron chi connectivity index (χ2n) is 13.1. The van der Waals surface area contributed by atoms with Crippen LogP contribution in [0.4, 0.5) is 17.6 Å². The van der Waals surface area contributed by atoms with E-state index in [-0.39, 0.29) is 36.2 Å². The van der Waals surface area contributed by atoms with Crippen molar-refractivity contribution >= 4 is 28.6 Å². The standard InChI is InChI=1S/C34H33F4NO7/c1-18(30(41)42)46-33-14-20-10-21(15-33)13-32(12-20,17-33)28(31(43)44)39-29(40)26-8-4-22-11-24(35)7-9-25(22)27(26)45-16-19-2-5-23(6-3-19)34(36,37)38/h2-9,11,18,20-21,28H,10,12-17H2,1H3,(H,39,40)(H,41,42)(H,43,44)/t18-,20-,21+,28-,32?,33?/m1/s1. The van der Waals surface area contributed by atoms with Crippen LogP contribution in [0, 0.1) is 23.1 Å². The maximum absolute atomic E-state index is 14.1. The molecule has 12 heteroatoms. The van der Waals surface area contributed by atoms with E-state index in [0.29, 0.717) is 42.0 Å². The summed E-state index contributed by atoms with van der Waals surface area (Å²) in [4.78, 5) is 38.4. The van der Waals surface area contributed by atoms with Crippen LogP contribution < -0.4 is 10.1 Å². The van der Waals surface area contributed by atoms with E-state index in [9.17, 15) is 42.2 Å². The van der Waals surface area contributed by atoms with Gasteiger partial charge in [-0.2, -0.15) is 13.2 Å². The highest BCUT2D eigenvalue weighted by Crippen LogP contribution is 2.64. The fourth-order valence-corrected chi connectivity index (χ4v) is 8.39. The van der Waals surface area contributed by atoms with Gasteiger partial charge in [0.2, 0.25) is 0 Å². The van der Waals surface area contributed by atoms with Crippen molar-refractivity contribution in [3.8, 4) is 5.75 Å². The number of amides is 1. The highest BCUT2D eigenvalue weighted by molar-refractivity contribution is 6.05. The maximum atomic E-state index is 14.1. The van der Waals surface area contributed by atoms with Crippen molar-refractivity contribution in [2.75, 3.05) is 0 Å². The summed E-state index contributed by atoms with van der Waals surface area (Å²) in [5, 5.41) is 23.5. The minimum absolute atomic E-state index is 0.0209. The monoisotopic (exact) mass is 643 g/mol. The van der Waals surface area contributed by atoms with E-state index in [4.69, 9.17) is 9.47 Å². The fourth-order valence-electron chi connectivity index (χ4n) is 8.39. The van der Waals surface area contributed by atoms with Crippen LogP contribution in [0.3, 0.4) is 0 Å². The van der Waals surface area contributed by atoms with Crippen molar-refractivity contribution in [1.29, 1.82) is 0 Å². The number of hydrogen-bond donors (Lipinski definition) is 3. The number of alkyl halides is 3. The molecule has 0 radical (unpaired) electrons. The maximum Gasteiger partial charge on any atom is 0.416 e. The molecule has 0 spiro atoms. The molecule has 3 N–H and O–H groups in total. The number of carbonyl (C=O) groups is 3. The summed E-state index contributed by atoms with van der Waals surface area (Å²) in [5.74, 6) is -3.33. The Morgan fingerprint density at radius 3 is 2.24 bits per heavy atom. The second kappa shape index (κ2) is 11.6. The molecule has 3 aromatic carbocycles. The fraction of sp³-hybridized carbons (Fsp3) is 0.441. The SMILES string of the molecule is C[C@@H](OC12C[C@H]3C[C@@H](C1)CC([C@H](NC(=O)c1ccc4cc(F)ccc4c1OCc1ccc(C(F)(F)F)cc1)C(=O)O)(C3)C2)C(=O)O. The number of carboxylic acids is 2. The molecule has 6 atom stereocenters. The van der Waals surface area contributed by atoms with Gasteiger partial charge in [0, 0.05) is 10.8 Å². The van der Waals surface area contributed by atoms with Crippen molar-refractivity contribution < 1.29 is 51.6 Å². The van der Waals surface area contributed by atoms with Crippen LogP contribution in [0.1, 0.15) is 66.9 Å². The number of nitrogens with one attached hydrogen (secondary N) is 1. The normalized spacial score (nSPS) is 26.5. The van der Waals surface area contributed by atoms with Crippen LogP contribution in [0.15, 0.2) is 54.6 Å². The van der Waals surface area contributed by atoms with Gasteiger partial charge in [-0.05, 0) is 105 Å². The van der Waals surface area contributed by atoms with Gasteiger partial charge >= 0.3 is 18.1 Å². The van der Waals surface area contributed by atoms with Crippen LogP contribution in [0.5, 0.6) is 5.75 Å². The topological polar surface area (TPSA) is 122 Å². The van der Waals surface area contributed by atoms with Gasteiger partial charge in [-0.25, -0.2) is 14.0 Å². The van der Waals surface area contributed by atoms with Crippen LogP contribution in [-0.2, 0) is 27.1 Å². The number of carboxylic acid groups (broad SMARTS) is 2. The Bertz CT molecular complexity index is 1680. The molecule has 46 heavy (non-hydrogen) atoms. The first-order valence-corrected chi connectivity index (χ1v) is 15.1. The number of carbonyl (C=O) groups excluding carboxylic acids is 1. The third-order valence-electron chi connectivity index (χ3n) is 9.80. The summed E-state index contributed by atoms with van der Waals surface area (Å²) >= 11 is 0. The van der Waals surface area contributed by atoms with E-state index < -0.39 is 58.6 Å². The molecule has 244 valence electrons. The third-order valence-corrected chi connectivity index (χ3v) is 9.80. The summed E-state index contributed by atoms with van der Waals surface area (Å²) in [5.41, 5.74) is -2.14. The summed E-state index contributed by atoms with van der Waals surface area (Å²) in [6, 6.07) is 9.78. The predicted molar refractivity (Wildman–Crippen MR) is 157 cm³/mol. The molecule has 4 bridgehead atoms. The number of fused-ring (bicyclic) bond motifs is 1. The van der Waals surface area contributed by atoms with E-state index in [1.807, 2.05) is 0 Å².